The summed E-state index contributed by atoms with van der Waals surface area (Å²) in [5.41, 5.74) is 1.58. The van der Waals surface area contributed by atoms with Crippen molar-refractivity contribution in [3.05, 3.63) is 65.7 Å². The van der Waals surface area contributed by atoms with Crippen molar-refractivity contribution >= 4 is 11.8 Å². The van der Waals surface area contributed by atoms with Crippen LogP contribution in [0.3, 0.4) is 0 Å². The molecule has 2 aromatic rings. The third-order valence-corrected chi connectivity index (χ3v) is 4.72. The molecule has 5 heteroatoms. The topological polar surface area (TPSA) is 67.4 Å². The van der Waals surface area contributed by atoms with E-state index in [1.54, 1.807) is 31.4 Å². The lowest BCUT2D eigenvalue weighted by Gasteiger charge is -2.22. The van der Waals surface area contributed by atoms with Crippen molar-refractivity contribution < 1.29 is 14.3 Å². The second-order valence-electron chi connectivity index (χ2n) is 6.55. The van der Waals surface area contributed by atoms with Gasteiger partial charge < -0.3 is 15.4 Å². The fourth-order valence-electron chi connectivity index (χ4n) is 2.95. The smallest absolute Gasteiger partial charge is 0.251 e. The van der Waals surface area contributed by atoms with E-state index in [9.17, 15) is 9.59 Å². The molecule has 0 aliphatic rings. The van der Waals surface area contributed by atoms with Gasteiger partial charge >= 0.3 is 0 Å². The molecule has 2 aromatic carbocycles. The minimum atomic E-state index is -0.187. The summed E-state index contributed by atoms with van der Waals surface area (Å²) >= 11 is 0. The first-order valence-corrected chi connectivity index (χ1v) is 9.31. The van der Waals surface area contributed by atoms with Gasteiger partial charge in [-0.3, -0.25) is 9.59 Å². The van der Waals surface area contributed by atoms with Gasteiger partial charge in [0.2, 0.25) is 5.91 Å². The van der Waals surface area contributed by atoms with Crippen LogP contribution in [-0.4, -0.2) is 32.0 Å². The van der Waals surface area contributed by atoms with Crippen LogP contribution in [0.5, 0.6) is 5.75 Å². The first kappa shape index (κ1) is 20.5. The maximum Gasteiger partial charge on any atom is 0.251 e. The van der Waals surface area contributed by atoms with Crippen LogP contribution in [0, 0.1) is 5.92 Å². The van der Waals surface area contributed by atoms with Crippen molar-refractivity contribution in [3.63, 3.8) is 0 Å². The summed E-state index contributed by atoms with van der Waals surface area (Å²) in [6, 6.07) is 16.7. The highest BCUT2D eigenvalue weighted by atomic mass is 16.5. The second-order valence-corrected chi connectivity index (χ2v) is 6.55. The molecule has 0 bridgehead atoms. The van der Waals surface area contributed by atoms with E-state index in [1.807, 2.05) is 30.3 Å². The largest absolute Gasteiger partial charge is 0.497 e. The summed E-state index contributed by atoms with van der Waals surface area (Å²) in [6.07, 6.45) is 0.918. The number of amides is 2. The van der Waals surface area contributed by atoms with Crippen LogP contribution in [0.25, 0.3) is 0 Å². The molecule has 2 rings (SSSR count). The van der Waals surface area contributed by atoms with Crippen molar-refractivity contribution in [2.45, 2.75) is 26.2 Å². The van der Waals surface area contributed by atoms with Gasteiger partial charge in [-0.05, 0) is 35.7 Å². The Balaban J connectivity index is 1.85. The van der Waals surface area contributed by atoms with Gasteiger partial charge in [-0.15, -0.1) is 0 Å². The van der Waals surface area contributed by atoms with Crippen LogP contribution in [-0.2, 0) is 4.79 Å². The molecule has 0 fully saturated rings. The lowest BCUT2D eigenvalue weighted by atomic mass is 9.85. The molecule has 27 heavy (non-hydrogen) atoms. The second kappa shape index (κ2) is 10.4. The third-order valence-electron chi connectivity index (χ3n) is 4.72. The van der Waals surface area contributed by atoms with Crippen molar-refractivity contribution in [2.24, 2.45) is 5.92 Å². The quantitative estimate of drug-likeness (QED) is 0.667. The van der Waals surface area contributed by atoms with Crippen molar-refractivity contribution in [2.75, 3.05) is 20.2 Å². The Morgan fingerprint density at radius 3 is 2.19 bits per heavy atom. The summed E-state index contributed by atoms with van der Waals surface area (Å²) in [5.74, 6) is 0.577. The fourth-order valence-corrected chi connectivity index (χ4v) is 2.95. The van der Waals surface area contributed by atoms with E-state index in [0.717, 1.165) is 12.0 Å². The number of nitrogens with one attached hydrogen (secondary N) is 2. The van der Waals surface area contributed by atoms with Crippen LogP contribution in [0.4, 0.5) is 0 Å². The molecule has 144 valence electrons. The summed E-state index contributed by atoms with van der Waals surface area (Å²) in [4.78, 5) is 24.8. The molecule has 5 nitrogen and oxygen atoms in total. The Labute approximate surface area is 161 Å². The van der Waals surface area contributed by atoms with Gasteiger partial charge in [0, 0.05) is 18.7 Å². The zero-order valence-electron chi connectivity index (χ0n) is 16.2. The summed E-state index contributed by atoms with van der Waals surface area (Å²) in [5, 5.41) is 5.77. The fraction of sp³-hybridized carbons (Fsp3) is 0.364. The zero-order valence-corrected chi connectivity index (χ0v) is 16.2. The SMILES string of the molecule is CCC(C)C(C(=O)NCCNC(=O)c1ccc(OC)cc1)c1ccccc1. The van der Waals surface area contributed by atoms with Gasteiger partial charge in [0.05, 0.1) is 13.0 Å². The minimum Gasteiger partial charge on any atom is -0.497 e. The first-order chi connectivity index (χ1) is 13.1. The van der Waals surface area contributed by atoms with E-state index in [-0.39, 0.29) is 23.7 Å². The number of hydrogen-bond acceptors (Lipinski definition) is 3. The first-order valence-electron chi connectivity index (χ1n) is 9.31. The number of ether oxygens (including phenoxy) is 1. The molecule has 0 saturated heterocycles. The molecule has 0 spiro atoms. The molecular weight excluding hydrogens is 340 g/mol. The van der Waals surface area contributed by atoms with E-state index < -0.39 is 0 Å². The summed E-state index contributed by atoms with van der Waals surface area (Å²) in [6.45, 7) is 4.94. The van der Waals surface area contributed by atoms with Crippen LogP contribution < -0.4 is 15.4 Å². The van der Waals surface area contributed by atoms with Gasteiger partial charge in [0.15, 0.2) is 0 Å². The predicted molar refractivity (Wildman–Crippen MR) is 107 cm³/mol. The predicted octanol–water partition coefficient (Wildman–Crippen LogP) is 3.37. The highest BCUT2D eigenvalue weighted by Crippen LogP contribution is 2.26. The van der Waals surface area contributed by atoms with E-state index >= 15 is 0 Å². The van der Waals surface area contributed by atoms with Crippen molar-refractivity contribution in [1.82, 2.24) is 10.6 Å². The van der Waals surface area contributed by atoms with Gasteiger partial charge in [0.25, 0.3) is 5.91 Å². The Morgan fingerprint density at radius 1 is 0.963 bits per heavy atom. The Morgan fingerprint density at radius 2 is 1.59 bits per heavy atom. The number of carbonyl (C=O) groups is 2. The number of hydrogen-bond donors (Lipinski definition) is 2. The van der Waals surface area contributed by atoms with Crippen molar-refractivity contribution in [1.29, 1.82) is 0 Å². The Bertz CT molecular complexity index is 729. The number of benzene rings is 2. The highest BCUT2D eigenvalue weighted by molar-refractivity contribution is 5.94. The maximum absolute atomic E-state index is 12.7. The van der Waals surface area contributed by atoms with E-state index in [2.05, 4.69) is 24.5 Å². The standard InChI is InChI=1S/C22H28N2O3/c1-4-16(2)20(17-8-6-5-7-9-17)22(26)24-15-14-23-21(25)18-10-12-19(27-3)13-11-18/h5-13,16,20H,4,14-15H2,1-3H3,(H,23,25)(H,24,26). The molecule has 0 aliphatic carbocycles. The highest BCUT2D eigenvalue weighted by Gasteiger charge is 2.25. The molecule has 0 aliphatic heterocycles. The Hall–Kier alpha value is -2.82. The molecule has 0 saturated carbocycles. The number of methoxy groups -OCH3 is 1. The molecule has 2 atom stereocenters. The van der Waals surface area contributed by atoms with E-state index in [0.29, 0.717) is 24.4 Å². The van der Waals surface area contributed by atoms with Gasteiger partial charge in [-0.1, -0.05) is 50.6 Å². The van der Waals surface area contributed by atoms with Crippen LogP contribution in [0.1, 0.15) is 42.1 Å². The summed E-state index contributed by atoms with van der Waals surface area (Å²) in [7, 11) is 1.58. The van der Waals surface area contributed by atoms with E-state index in [4.69, 9.17) is 4.74 Å². The molecule has 2 amide bonds. The molecular formula is C22H28N2O3. The lowest BCUT2D eigenvalue weighted by Crippen LogP contribution is -2.38. The average molecular weight is 368 g/mol. The minimum absolute atomic E-state index is 0.00533. The van der Waals surface area contributed by atoms with Gasteiger partial charge in [-0.25, -0.2) is 0 Å². The molecule has 0 heterocycles. The molecule has 0 aromatic heterocycles. The zero-order chi connectivity index (χ0) is 19.6. The number of carbonyl (C=O) groups excluding carboxylic acids is 2. The monoisotopic (exact) mass is 368 g/mol. The van der Waals surface area contributed by atoms with Gasteiger partial charge in [-0.2, -0.15) is 0 Å². The van der Waals surface area contributed by atoms with E-state index in [1.165, 1.54) is 0 Å². The number of rotatable bonds is 9. The lowest BCUT2D eigenvalue weighted by molar-refractivity contribution is -0.123. The molecule has 0 radical (unpaired) electrons. The Kier molecular flexibility index (Phi) is 7.86. The molecule has 2 N–H and O–H groups in total. The van der Waals surface area contributed by atoms with Crippen LogP contribution in [0.15, 0.2) is 54.6 Å². The maximum atomic E-state index is 12.7. The average Bonchev–Trinajstić information content (AvgIpc) is 2.72. The molecule has 2 unspecified atom stereocenters. The normalized spacial score (nSPS) is 12.7. The van der Waals surface area contributed by atoms with Crippen LogP contribution >= 0.6 is 0 Å². The van der Waals surface area contributed by atoms with Gasteiger partial charge in [0.1, 0.15) is 5.75 Å². The summed E-state index contributed by atoms with van der Waals surface area (Å²) < 4.78 is 5.08. The third kappa shape index (κ3) is 5.84. The van der Waals surface area contributed by atoms with Crippen molar-refractivity contribution in [3.8, 4) is 5.75 Å². The van der Waals surface area contributed by atoms with Crippen LogP contribution in [0.2, 0.25) is 0 Å².